The zero-order valence-electron chi connectivity index (χ0n) is 13.7. The molecule has 0 atom stereocenters. The molecule has 0 aliphatic heterocycles. The van der Waals surface area contributed by atoms with Gasteiger partial charge in [-0.25, -0.2) is 4.79 Å². The number of hydrogen-bond donors (Lipinski definition) is 2. The van der Waals surface area contributed by atoms with Gasteiger partial charge < -0.3 is 15.4 Å². The van der Waals surface area contributed by atoms with Crippen LogP contribution < -0.4 is 15.4 Å². The van der Waals surface area contributed by atoms with Crippen LogP contribution in [-0.4, -0.2) is 24.2 Å². The van der Waals surface area contributed by atoms with Crippen molar-refractivity contribution in [1.29, 1.82) is 0 Å². The van der Waals surface area contributed by atoms with Crippen LogP contribution in [0.3, 0.4) is 0 Å². The van der Waals surface area contributed by atoms with Crippen molar-refractivity contribution < 1.29 is 9.53 Å². The van der Waals surface area contributed by atoms with E-state index in [0.29, 0.717) is 18.8 Å². The second-order valence-electron chi connectivity index (χ2n) is 5.33. The lowest BCUT2D eigenvalue weighted by Gasteiger charge is -2.12. The maximum Gasteiger partial charge on any atom is 0.319 e. The van der Waals surface area contributed by atoms with E-state index in [9.17, 15) is 4.79 Å². The molecule has 3 rings (SSSR count). The van der Waals surface area contributed by atoms with Crippen molar-refractivity contribution in [2.24, 2.45) is 0 Å². The van der Waals surface area contributed by atoms with Crippen molar-refractivity contribution >= 4 is 11.7 Å². The SMILES string of the molecule is O=C(NCCOc1ccccc1-c1ccccc1)Nc1cccnc1. The maximum atomic E-state index is 11.8. The van der Waals surface area contributed by atoms with Crippen molar-refractivity contribution in [3.05, 3.63) is 79.1 Å². The number of urea groups is 1. The van der Waals surface area contributed by atoms with Gasteiger partial charge in [0.25, 0.3) is 0 Å². The zero-order valence-corrected chi connectivity index (χ0v) is 13.7. The van der Waals surface area contributed by atoms with Crippen LogP contribution in [0.2, 0.25) is 0 Å². The number of aromatic nitrogens is 1. The van der Waals surface area contributed by atoms with E-state index in [1.165, 1.54) is 0 Å². The summed E-state index contributed by atoms with van der Waals surface area (Å²) in [5.74, 6) is 0.795. The minimum Gasteiger partial charge on any atom is -0.491 e. The largest absolute Gasteiger partial charge is 0.491 e. The molecular formula is C20H19N3O2. The molecule has 0 unspecified atom stereocenters. The van der Waals surface area contributed by atoms with Gasteiger partial charge in [0.1, 0.15) is 12.4 Å². The predicted molar refractivity (Wildman–Crippen MR) is 98.6 cm³/mol. The van der Waals surface area contributed by atoms with Crippen LogP contribution in [0.4, 0.5) is 10.5 Å². The number of anilines is 1. The summed E-state index contributed by atoms with van der Waals surface area (Å²) in [6.07, 6.45) is 3.24. The summed E-state index contributed by atoms with van der Waals surface area (Å²) < 4.78 is 5.84. The molecule has 5 nitrogen and oxygen atoms in total. The summed E-state index contributed by atoms with van der Waals surface area (Å²) >= 11 is 0. The Kier molecular flexibility index (Phi) is 5.61. The van der Waals surface area contributed by atoms with Crippen LogP contribution in [0.15, 0.2) is 79.1 Å². The van der Waals surface area contributed by atoms with Gasteiger partial charge in [-0.3, -0.25) is 4.98 Å². The van der Waals surface area contributed by atoms with E-state index >= 15 is 0 Å². The Morgan fingerprint density at radius 2 is 1.76 bits per heavy atom. The number of pyridine rings is 1. The topological polar surface area (TPSA) is 63.2 Å². The molecule has 0 radical (unpaired) electrons. The Balaban J connectivity index is 1.50. The molecule has 0 saturated heterocycles. The van der Waals surface area contributed by atoms with Crippen molar-refractivity contribution in [3.63, 3.8) is 0 Å². The highest BCUT2D eigenvalue weighted by Gasteiger charge is 2.06. The number of carbonyl (C=O) groups excluding carboxylic acids is 1. The first-order chi connectivity index (χ1) is 12.3. The maximum absolute atomic E-state index is 11.8. The van der Waals surface area contributed by atoms with Gasteiger partial charge >= 0.3 is 6.03 Å². The van der Waals surface area contributed by atoms with E-state index in [2.05, 4.69) is 15.6 Å². The summed E-state index contributed by atoms with van der Waals surface area (Å²) in [6.45, 7) is 0.777. The van der Waals surface area contributed by atoms with Gasteiger partial charge in [0.2, 0.25) is 0 Å². The van der Waals surface area contributed by atoms with Gasteiger partial charge in [-0.1, -0.05) is 48.5 Å². The molecule has 25 heavy (non-hydrogen) atoms. The van der Waals surface area contributed by atoms with Crippen LogP contribution in [0.1, 0.15) is 0 Å². The van der Waals surface area contributed by atoms with Crippen molar-refractivity contribution in [3.8, 4) is 16.9 Å². The summed E-state index contributed by atoms with van der Waals surface area (Å²) in [4.78, 5) is 15.8. The normalized spacial score (nSPS) is 10.1. The second-order valence-corrected chi connectivity index (χ2v) is 5.33. The molecule has 1 aromatic heterocycles. The van der Waals surface area contributed by atoms with Crippen molar-refractivity contribution in [1.82, 2.24) is 10.3 Å². The third-order valence-electron chi connectivity index (χ3n) is 3.54. The number of hydrogen-bond acceptors (Lipinski definition) is 3. The quantitative estimate of drug-likeness (QED) is 0.671. The Morgan fingerprint density at radius 3 is 2.56 bits per heavy atom. The van der Waals surface area contributed by atoms with Crippen LogP contribution in [0, 0.1) is 0 Å². The fourth-order valence-corrected chi connectivity index (χ4v) is 2.39. The molecule has 0 bridgehead atoms. The number of amides is 2. The molecule has 3 aromatic rings. The summed E-state index contributed by atoms with van der Waals surface area (Å²) in [6, 6.07) is 21.2. The smallest absolute Gasteiger partial charge is 0.319 e. The molecule has 0 saturated carbocycles. The third-order valence-corrected chi connectivity index (χ3v) is 3.54. The summed E-state index contributed by atoms with van der Waals surface area (Å²) in [7, 11) is 0. The first kappa shape index (κ1) is 16.5. The minimum atomic E-state index is -0.284. The third kappa shape index (κ3) is 4.81. The first-order valence-electron chi connectivity index (χ1n) is 8.05. The van der Waals surface area contributed by atoms with Crippen LogP contribution in [-0.2, 0) is 0 Å². The lowest BCUT2D eigenvalue weighted by atomic mass is 10.1. The molecule has 2 aromatic carbocycles. The highest BCUT2D eigenvalue weighted by atomic mass is 16.5. The van der Waals surface area contributed by atoms with Gasteiger partial charge in [0.05, 0.1) is 18.4 Å². The fraction of sp³-hybridized carbons (Fsp3) is 0.100. The highest BCUT2D eigenvalue weighted by Crippen LogP contribution is 2.29. The van der Waals surface area contributed by atoms with E-state index in [1.54, 1.807) is 24.5 Å². The van der Waals surface area contributed by atoms with E-state index in [4.69, 9.17) is 4.74 Å². The molecule has 0 spiro atoms. The predicted octanol–water partition coefficient (Wildman–Crippen LogP) is 3.95. The monoisotopic (exact) mass is 333 g/mol. The standard InChI is InChI=1S/C20H19N3O2/c24-20(23-17-9-6-12-21-15-17)22-13-14-25-19-11-5-4-10-18(19)16-7-2-1-3-8-16/h1-12,15H,13-14H2,(H2,22,23,24). The molecule has 5 heteroatoms. The molecule has 0 aliphatic carbocycles. The molecule has 2 N–H and O–H groups in total. The van der Waals surface area contributed by atoms with Crippen molar-refractivity contribution in [2.75, 3.05) is 18.5 Å². The molecule has 2 amide bonds. The Hall–Kier alpha value is -3.34. The van der Waals surface area contributed by atoms with Gasteiger partial charge in [0, 0.05) is 11.8 Å². The lowest BCUT2D eigenvalue weighted by Crippen LogP contribution is -2.32. The fourth-order valence-electron chi connectivity index (χ4n) is 2.39. The Morgan fingerprint density at radius 1 is 0.960 bits per heavy atom. The Labute approximate surface area is 146 Å². The summed E-state index contributed by atoms with van der Waals surface area (Å²) in [5.41, 5.74) is 2.78. The van der Waals surface area contributed by atoms with Gasteiger partial charge in [-0.15, -0.1) is 0 Å². The molecule has 126 valence electrons. The van der Waals surface area contributed by atoms with E-state index in [-0.39, 0.29) is 6.03 Å². The average Bonchev–Trinajstić information content (AvgIpc) is 2.67. The number of nitrogens with one attached hydrogen (secondary N) is 2. The average molecular weight is 333 g/mol. The van der Waals surface area contributed by atoms with E-state index in [0.717, 1.165) is 16.9 Å². The molecular weight excluding hydrogens is 314 g/mol. The number of rotatable bonds is 6. The Bertz CT molecular complexity index is 807. The minimum absolute atomic E-state index is 0.284. The van der Waals surface area contributed by atoms with E-state index < -0.39 is 0 Å². The number of benzene rings is 2. The first-order valence-corrected chi connectivity index (χ1v) is 8.05. The lowest BCUT2D eigenvalue weighted by molar-refractivity contribution is 0.247. The van der Waals surface area contributed by atoms with Crippen LogP contribution in [0.5, 0.6) is 5.75 Å². The van der Waals surface area contributed by atoms with Crippen LogP contribution >= 0.6 is 0 Å². The van der Waals surface area contributed by atoms with Crippen LogP contribution in [0.25, 0.3) is 11.1 Å². The molecule has 1 heterocycles. The molecule has 0 fully saturated rings. The highest BCUT2D eigenvalue weighted by molar-refractivity contribution is 5.88. The number of carbonyl (C=O) groups is 1. The van der Waals surface area contributed by atoms with Gasteiger partial charge in [-0.05, 0) is 23.8 Å². The summed E-state index contributed by atoms with van der Waals surface area (Å²) in [5, 5.41) is 5.47. The number of nitrogens with zero attached hydrogens (tertiary/aromatic N) is 1. The number of ether oxygens (including phenoxy) is 1. The second kappa shape index (κ2) is 8.49. The van der Waals surface area contributed by atoms with Gasteiger partial charge in [0.15, 0.2) is 0 Å². The molecule has 0 aliphatic rings. The van der Waals surface area contributed by atoms with Gasteiger partial charge in [-0.2, -0.15) is 0 Å². The van der Waals surface area contributed by atoms with E-state index in [1.807, 2.05) is 54.6 Å². The number of para-hydroxylation sites is 1. The van der Waals surface area contributed by atoms with Crippen molar-refractivity contribution in [2.45, 2.75) is 0 Å². The zero-order chi connectivity index (χ0) is 17.3.